The molecule has 3 heteroatoms. The van der Waals surface area contributed by atoms with Gasteiger partial charge in [-0.15, -0.1) is 0 Å². The minimum Gasteiger partial charge on any atom is -0.490 e. The summed E-state index contributed by atoms with van der Waals surface area (Å²) in [5.41, 5.74) is 0.935. The molecule has 0 aromatic carbocycles. The van der Waals surface area contributed by atoms with Crippen LogP contribution < -0.4 is 10.1 Å². The molecule has 0 bridgehead atoms. The molecule has 0 aliphatic carbocycles. The molecule has 96 valence electrons. The van der Waals surface area contributed by atoms with Crippen LogP contribution in [0.25, 0.3) is 0 Å². The second-order valence-electron chi connectivity index (χ2n) is 4.57. The Morgan fingerprint density at radius 2 is 2.39 bits per heavy atom. The predicted octanol–water partition coefficient (Wildman–Crippen LogP) is 2.36. The van der Waals surface area contributed by atoms with Gasteiger partial charge in [-0.2, -0.15) is 0 Å². The SMILES string of the molecule is CCCCC#Cc1cncc(OC[C@H]2CCN2)c1. The Morgan fingerprint density at radius 3 is 3.11 bits per heavy atom. The van der Waals surface area contributed by atoms with E-state index in [0.717, 1.165) is 30.7 Å². The fourth-order valence-electron chi connectivity index (χ4n) is 1.68. The lowest BCUT2D eigenvalue weighted by atomic mass is 10.1. The van der Waals surface area contributed by atoms with Crippen LogP contribution >= 0.6 is 0 Å². The van der Waals surface area contributed by atoms with Crippen molar-refractivity contribution in [2.24, 2.45) is 0 Å². The number of nitrogens with one attached hydrogen (secondary N) is 1. The highest BCUT2D eigenvalue weighted by molar-refractivity contribution is 5.36. The van der Waals surface area contributed by atoms with Crippen molar-refractivity contribution in [1.29, 1.82) is 0 Å². The van der Waals surface area contributed by atoms with E-state index in [2.05, 4.69) is 29.1 Å². The van der Waals surface area contributed by atoms with Gasteiger partial charge in [0.2, 0.25) is 0 Å². The summed E-state index contributed by atoms with van der Waals surface area (Å²) in [6.07, 6.45) is 8.02. The third-order valence-electron chi connectivity index (χ3n) is 2.98. The molecule has 3 nitrogen and oxygen atoms in total. The summed E-state index contributed by atoms with van der Waals surface area (Å²) in [5.74, 6) is 7.10. The highest BCUT2D eigenvalue weighted by atomic mass is 16.5. The molecule has 0 unspecified atom stereocenters. The van der Waals surface area contributed by atoms with Crippen LogP contribution in [0.15, 0.2) is 18.5 Å². The molecule has 0 amide bonds. The molecular weight excluding hydrogens is 224 g/mol. The Hall–Kier alpha value is -1.53. The number of aromatic nitrogens is 1. The highest BCUT2D eigenvalue weighted by Gasteiger charge is 2.16. The van der Waals surface area contributed by atoms with Crippen LogP contribution in [-0.2, 0) is 0 Å². The number of unbranched alkanes of at least 4 members (excludes halogenated alkanes) is 2. The maximum absolute atomic E-state index is 5.69. The second-order valence-corrected chi connectivity index (χ2v) is 4.57. The molecular formula is C15H20N2O. The van der Waals surface area contributed by atoms with Crippen LogP contribution in [-0.4, -0.2) is 24.2 Å². The summed E-state index contributed by atoms with van der Waals surface area (Å²) in [5, 5.41) is 3.31. The molecule has 2 rings (SSSR count). The number of ether oxygens (including phenoxy) is 1. The average Bonchev–Trinajstić information content (AvgIpc) is 2.33. The van der Waals surface area contributed by atoms with E-state index >= 15 is 0 Å². The standard InChI is InChI=1S/C15H20N2O/c1-2-3-4-5-6-13-9-15(11-16-10-13)18-12-14-7-8-17-14/h9-11,14,17H,2-4,7-8,12H2,1H3/t14-/m1/s1. The van der Waals surface area contributed by atoms with Gasteiger partial charge in [0.1, 0.15) is 12.4 Å². The molecule has 1 aliphatic rings. The molecule has 1 saturated heterocycles. The van der Waals surface area contributed by atoms with Crippen molar-refractivity contribution >= 4 is 0 Å². The molecule has 0 radical (unpaired) electrons. The number of hydrogen-bond donors (Lipinski definition) is 1. The van der Waals surface area contributed by atoms with Crippen LogP contribution in [0.5, 0.6) is 5.75 Å². The van der Waals surface area contributed by atoms with Crippen LogP contribution in [0, 0.1) is 11.8 Å². The van der Waals surface area contributed by atoms with Gasteiger partial charge in [-0.25, -0.2) is 0 Å². The van der Waals surface area contributed by atoms with Crippen LogP contribution in [0.3, 0.4) is 0 Å². The zero-order valence-electron chi connectivity index (χ0n) is 10.9. The van der Waals surface area contributed by atoms with E-state index in [1.807, 2.05) is 6.07 Å². The Morgan fingerprint density at radius 1 is 1.50 bits per heavy atom. The fraction of sp³-hybridized carbons (Fsp3) is 0.533. The lowest BCUT2D eigenvalue weighted by Gasteiger charge is -2.27. The first kappa shape index (κ1) is 12.9. The molecule has 2 heterocycles. The third-order valence-corrected chi connectivity index (χ3v) is 2.98. The monoisotopic (exact) mass is 244 g/mol. The Kier molecular flexibility index (Phi) is 5.04. The Labute approximate surface area is 109 Å². The van der Waals surface area contributed by atoms with Gasteiger partial charge < -0.3 is 10.1 Å². The van der Waals surface area contributed by atoms with Crippen LogP contribution in [0.1, 0.15) is 38.2 Å². The van der Waals surface area contributed by atoms with Gasteiger partial charge in [0.15, 0.2) is 0 Å². The first-order chi connectivity index (χ1) is 8.88. The van der Waals surface area contributed by atoms with E-state index in [4.69, 9.17) is 4.74 Å². The van der Waals surface area contributed by atoms with Crippen molar-refractivity contribution in [3.63, 3.8) is 0 Å². The topological polar surface area (TPSA) is 34.1 Å². The van der Waals surface area contributed by atoms with E-state index in [9.17, 15) is 0 Å². The second kappa shape index (κ2) is 7.03. The summed E-state index contributed by atoms with van der Waals surface area (Å²) < 4.78 is 5.69. The van der Waals surface area contributed by atoms with Gasteiger partial charge in [0.25, 0.3) is 0 Å². The quantitative estimate of drug-likeness (QED) is 0.638. The van der Waals surface area contributed by atoms with E-state index < -0.39 is 0 Å². The van der Waals surface area contributed by atoms with Gasteiger partial charge in [0, 0.05) is 24.2 Å². The smallest absolute Gasteiger partial charge is 0.138 e. The van der Waals surface area contributed by atoms with Crippen molar-refractivity contribution in [3.05, 3.63) is 24.0 Å². The Bertz CT molecular complexity index is 430. The summed E-state index contributed by atoms with van der Waals surface area (Å²) in [6.45, 7) is 4.00. The van der Waals surface area contributed by atoms with Gasteiger partial charge in [0.05, 0.1) is 6.20 Å². The summed E-state index contributed by atoms with van der Waals surface area (Å²) in [4.78, 5) is 4.16. The summed E-state index contributed by atoms with van der Waals surface area (Å²) in [7, 11) is 0. The number of nitrogens with zero attached hydrogens (tertiary/aromatic N) is 1. The largest absolute Gasteiger partial charge is 0.490 e. The normalized spacial score (nSPS) is 17.5. The van der Waals surface area contributed by atoms with Gasteiger partial charge in [-0.1, -0.05) is 25.2 Å². The summed E-state index contributed by atoms with van der Waals surface area (Å²) >= 11 is 0. The van der Waals surface area contributed by atoms with E-state index in [1.54, 1.807) is 12.4 Å². The van der Waals surface area contributed by atoms with E-state index in [1.165, 1.54) is 12.8 Å². The van der Waals surface area contributed by atoms with Crippen molar-refractivity contribution in [2.75, 3.05) is 13.2 Å². The van der Waals surface area contributed by atoms with Gasteiger partial charge in [-0.05, 0) is 25.5 Å². The average molecular weight is 244 g/mol. The lowest BCUT2D eigenvalue weighted by molar-refractivity contribution is 0.217. The molecule has 18 heavy (non-hydrogen) atoms. The molecule has 0 spiro atoms. The number of hydrogen-bond acceptors (Lipinski definition) is 3. The minimum absolute atomic E-state index is 0.504. The molecule has 0 saturated carbocycles. The first-order valence-corrected chi connectivity index (χ1v) is 6.68. The van der Waals surface area contributed by atoms with Gasteiger partial charge in [-0.3, -0.25) is 4.98 Å². The molecule has 1 aromatic heterocycles. The van der Waals surface area contributed by atoms with Crippen LogP contribution in [0.4, 0.5) is 0 Å². The minimum atomic E-state index is 0.504. The molecule has 1 N–H and O–H groups in total. The number of pyridine rings is 1. The van der Waals surface area contributed by atoms with Crippen molar-refractivity contribution < 1.29 is 4.74 Å². The fourth-order valence-corrected chi connectivity index (χ4v) is 1.68. The summed E-state index contributed by atoms with van der Waals surface area (Å²) in [6, 6.07) is 2.47. The van der Waals surface area contributed by atoms with E-state index in [-0.39, 0.29) is 0 Å². The third kappa shape index (κ3) is 4.05. The van der Waals surface area contributed by atoms with Crippen LogP contribution in [0.2, 0.25) is 0 Å². The molecule has 1 aromatic rings. The molecule has 1 fully saturated rings. The number of rotatable bonds is 5. The van der Waals surface area contributed by atoms with Crippen molar-refractivity contribution in [1.82, 2.24) is 10.3 Å². The first-order valence-electron chi connectivity index (χ1n) is 6.68. The van der Waals surface area contributed by atoms with E-state index in [0.29, 0.717) is 12.6 Å². The molecule has 1 atom stereocenters. The maximum atomic E-state index is 5.69. The van der Waals surface area contributed by atoms with Crippen molar-refractivity contribution in [3.8, 4) is 17.6 Å². The Balaban J connectivity index is 1.84. The molecule has 1 aliphatic heterocycles. The van der Waals surface area contributed by atoms with Gasteiger partial charge >= 0.3 is 0 Å². The maximum Gasteiger partial charge on any atom is 0.138 e. The zero-order chi connectivity index (χ0) is 12.6. The predicted molar refractivity (Wildman–Crippen MR) is 72.5 cm³/mol. The van der Waals surface area contributed by atoms with Crippen molar-refractivity contribution in [2.45, 2.75) is 38.6 Å². The highest BCUT2D eigenvalue weighted by Crippen LogP contribution is 2.12. The zero-order valence-corrected chi connectivity index (χ0v) is 10.9. The lowest BCUT2D eigenvalue weighted by Crippen LogP contribution is -2.46.